The van der Waals surface area contributed by atoms with E-state index in [9.17, 15) is 4.79 Å². The summed E-state index contributed by atoms with van der Waals surface area (Å²) in [5.41, 5.74) is 3.48. The predicted octanol–water partition coefficient (Wildman–Crippen LogP) is 1.49. The van der Waals surface area contributed by atoms with Crippen molar-refractivity contribution in [2.75, 3.05) is 13.6 Å². The summed E-state index contributed by atoms with van der Waals surface area (Å²) in [6.07, 6.45) is 2.01. The third-order valence-corrected chi connectivity index (χ3v) is 2.57. The quantitative estimate of drug-likeness (QED) is 0.603. The summed E-state index contributed by atoms with van der Waals surface area (Å²) in [5, 5.41) is 0. The fraction of sp³-hybridized carbons (Fsp3) is 0.364. The zero-order valence-electron chi connectivity index (χ0n) is 7.79. The van der Waals surface area contributed by atoms with Crippen LogP contribution in [0.2, 0.25) is 0 Å². The Bertz CT molecular complexity index is 333. The first-order valence-electron chi connectivity index (χ1n) is 4.55. The van der Waals surface area contributed by atoms with Crippen LogP contribution in [0.5, 0.6) is 0 Å². The molecule has 1 heterocycles. The van der Waals surface area contributed by atoms with Crippen molar-refractivity contribution in [2.45, 2.75) is 13.0 Å². The Hall–Kier alpha value is -1.15. The van der Waals surface area contributed by atoms with E-state index in [1.165, 1.54) is 11.1 Å². The van der Waals surface area contributed by atoms with Crippen molar-refractivity contribution in [3.63, 3.8) is 0 Å². The lowest BCUT2D eigenvalue weighted by atomic mass is 9.98. The van der Waals surface area contributed by atoms with Crippen molar-refractivity contribution in [3.05, 3.63) is 34.9 Å². The normalized spacial score (nSPS) is 16.7. The van der Waals surface area contributed by atoms with Gasteiger partial charge in [0.05, 0.1) is 0 Å². The fourth-order valence-electron chi connectivity index (χ4n) is 1.79. The van der Waals surface area contributed by atoms with E-state index in [4.69, 9.17) is 0 Å². The van der Waals surface area contributed by atoms with Gasteiger partial charge in [-0.3, -0.25) is 4.79 Å². The van der Waals surface area contributed by atoms with Gasteiger partial charge in [-0.05, 0) is 30.7 Å². The Morgan fingerprint density at radius 2 is 2.23 bits per heavy atom. The third-order valence-electron chi connectivity index (χ3n) is 2.57. The van der Waals surface area contributed by atoms with Gasteiger partial charge in [0.1, 0.15) is 6.29 Å². The Balaban J connectivity index is 2.38. The molecule has 0 radical (unpaired) electrons. The lowest BCUT2D eigenvalue weighted by Crippen LogP contribution is -2.26. The predicted molar refractivity (Wildman–Crippen MR) is 51.9 cm³/mol. The van der Waals surface area contributed by atoms with Crippen LogP contribution >= 0.6 is 0 Å². The second-order valence-corrected chi connectivity index (χ2v) is 3.63. The molecule has 0 unspecified atom stereocenters. The van der Waals surface area contributed by atoms with E-state index in [0.29, 0.717) is 0 Å². The molecule has 1 aliphatic heterocycles. The summed E-state index contributed by atoms with van der Waals surface area (Å²) in [6, 6.07) is 5.97. The van der Waals surface area contributed by atoms with Crippen molar-refractivity contribution in [1.29, 1.82) is 0 Å². The number of nitrogens with zero attached hydrogens (tertiary/aromatic N) is 1. The Labute approximate surface area is 78.2 Å². The molecule has 0 bridgehead atoms. The molecule has 0 N–H and O–H groups in total. The minimum absolute atomic E-state index is 0.786. The van der Waals surface area contributed by atoms with E-state index in [1.807, 2.05) is 12.1 Å². The molecule has 1 aromatic rings. The van der Waals surface area contributed by atoms with Crippen LogP contribution in [0.1, 0.15) is 21.5 Å². The summed E-state index contributed by atoms with van der Waals surface area (Å²) in [5.74, 6) is 0. The van der Waals surface area contributed by atoms with Gasteiger partial charge in [-0.2, -0.15) is 0 Å². The molecule has 0 atom stereocenters. The van der Waals surface area contributed by atoms with E-state index in [1.54, 1.807) is 0 Å². The molecule has 2 heteroatoms. The van der Waals surface area contributed by atoms with Gasteiger partial charge < -0.3 is 4.90 Å². The molecule has 0 fully saturated rings. The molecular weight excluding hydrogens is 162 g/mol. The highest BCUT2D eigenvalue weighted by Gasteiger charge is 2.12. The number of benzene rings is 1. The van der Waals surface area contributed by atoms with Crippen LogP contribution in [0.3, 0.4) is 0 Å². The molecule has 13 heavy (non-hydrogen) atoms. The van der Waals surface area contributed by atoms with Crippen molar-refractivity contribution >= 4 is 6.29 Å². The number of hydrogen-bond acceptors (Lipinski definition) is 2. The molecule has 0 saturated carbocycles. The van der Waals surface area contributed by atoms with Crippen LogP contribution in [0.4, 0.5) is 0 Å². The molecule has 0 aliphatic carbocycles. The number of likely N-dealkylation sites (N-methyl/N-ethyl adjacent to an activating group) is 1. The third kappa shape index (κ3) is 1.63. The Morgan fingerprint density at radius 1 is 1.38 bits per heavy atom. The number of fused-ring (bicyclic) bond motifs is 1. The molecule has 0 spiro atoms. The molecule has 0 amide bonds. The summed E-state index contributed by atoms with van der Waals surface area (Å²) in [6.45, 7) is 2.09. The molecule has 0 aromatic heterocycles. The fourth-order valence-corrected chi connectivity index (χ4v) is 1.79. The van der Waals surface area contributed by atoms with Crippen molar-refractivity contribution in [1.82, 2.24) is 4.90 Å². The lowest BCUT2D eigenvalue weighted by molar-refractivity contribution is 0.112. The van der Waals surface area contributed by atoms with Crippen LogP contribution in [0.15, 0.2) is 18.2 Å². The van der Waals surface area contributed by atoms with Crippen LogP contribution in [-0.4, -0.2) is 24.8 Å². The van der Waals surface area contributed by atoms with Crippen molar-refractivity contribution in [2.24, 2.45) is 0 Å². The minimum Gasteiger partial charge on any atom is -0.302 e. The van der Waals surface area contributed by atoms with Gasteiger partial charge in [0, 0.05) is 18.7 Å². The van der Waals surface area contributed by atoms with Crippen LogP contribution in [0.25, 0.3) is 0 Å². The van der Waals surface area contributed by atoms with Gasteiger partial charge in [0.25, 0.3) is 0 Å². The SMILES string of the molecule is CN1CCc2ccc(C=O)cc2C1. The maximum absolute atomic E-state index is 10.6. The minimum atomic E-state index is 0.786. The lowest BCUT2D eigenvalue weighted by Gasteiger charge is -2.24. The highest BCUT2D eigenvalue weighted by molar-refractivity contribution is 5.75. The van der Waals surface area contributed by atoms with E-state index in [-0.39, 0.29) is 0 Å². The molecule has 1 aliphatic rings. The average Bonchev–Trinajstić information content (AvgIpc) is 2.16. The van der Waals surface area contributed by atoms with Gasteiger partial charge in [-0.1, -0.05) is 12.1 Å². The molecule has 1 aromatic carbocycles. The van der Waals surface area contributed by atoms with E-state index in [0.717, 1.165) is 31.4 Å². The van der Waals surface area contributed by atoms with Crippen LogP contribution in [-0.2, 0) is 13.0 Å². The molecule has 2 rings (SSSR count). The topological polar surface area (TPSA) is 20.3 Å². The van der Waals surface area contributed by atoms with Gasteiger partial charge in [-0.15, -0.1) is 0 Å². The van der Waals surface area contributed by atoms with Crippen LogP contribution in [0, 0.1) is 0 Å². The van der Waals surface area contributed by atoms with Gasteiger partial charge >= 0.3 is 0 Å². The maximum atomic E-state index is 10.6. The first-order valence-corrected chi connectivity index (χ1v) is 4.55. The standard InChI is InChI=1S/C11H13NO/c1-12-5-4-10-3-2-9(8-13)6-11(10)7-12/h2-3,6,8H,4-5,7H2,1H3. The summed E-state index contributed by atoms with van der Waals surface area (Å²) >= 11 is 0. The van der Waals surface area contributed by atoms with E-state index >= 15 is 0 Å². The average molecular weight is 175 g/mol. The highest BCUT2D eigenvalue weighted by atomic mass is 16.1. The smallest absolute Gasteiger partial charge is 0.150 e. The largest absolute Gasteiger partial charge is 0.302 e. The molecule has 0 saturated heterocycles. The first kappa shape index (κ1) is 8.45. The summed E-state index contributed by atoms with van der Waals surface area (Å²) in [4.78, 5) is 12.8. The number of aldehydes is 1. The molecular formula is C11H13NO. The Kier molecular flexibility index (Phi) is 2.15. The highest BCUT2D eigenvalue weighted by Crippen LogP contribution is 2.18. The van der Waals surface area contributed by atoms with E-state index in [2.05, 4.69) is 18.0 Å². The maximum Gasteiger partial charge on any atom is 0.150 e. The first-order chi connectivity index (χ1) is 6.29. The van der Waals surface area contributed by atoms with Crippen LogP contribution < -0.4 is 0 Å². The number of carbonyl (C=O) groups excluding carboxylic acids is 1. The van der Waals surface area contributed by atoms with Gasteiger partial charge in [-0.25, -0.2) is 0 Å². The summed E-state index contributed by atoms with van der Waals surface area (Å²) in [7, 11) is 2.11. The Morgan fingerprint density at radius 3 is 3.00 bits per heavy atom. The van der Waals surface area contributed by atoms with Gasteiger partial charge in [0.15, 0.2) is 0 Å². The zero-order valence-corrected chi connectivity index (χ0v) is 7.79. The van der Waals surface area contributed by atoms with Gasteiger partial charge in [0.2, 0.25) is 0 Å². The van der Waals surface area contributed by atoms with Crippen molar-refractivity contribution < 1.29 is 4.79 Å². The second-order valence-electron chi connectivity index (χ2n) is 3.63. The summed E-state index contributed by atoms with van der Waals surface area (Å²) < 4.78 is 0. The zero-order chi connectivity index (χ0) is 9.26. The number of rotatable bonds is 1. The monoisotopic (exact) mass is 175 g/mol. The van der Waals surface area contributed by atoms with Crippen molar-refractivity contribution in [3.8, 4) is 0 Å². The number of hydrogen-bond donors (Lipinski definition) is 0. The molecule has 2 nitrogen and oxygen atoms in total. The van der Waals surface area contributed by atoms with E-state index < -0.39 is 0 Å². The second kappa shape index (κ2) is 3.30. The molecule has 68 valence electrons. The number of carbonyl (C=O) groups is 1.